The van der Waals surface area contributed by atoms with E-state index in [2.05, 4.69) is 9.99 Å². The zero-order valence-electron chi connectivity index (χ0n) is 11.2. The molecule has 0 atom stereocenters. The van der Waals surface area contributed by atoms with Gasteiger partial charge in [0.15, 0.2) is 11.5 Å². The van der Waals surface area contributed by atoms with Gasteiger partial charge in [0.1, 0.15) is 0 Å². The van der Waals surface area contributed by atoms with Crippen molar-refractivity contribution in [3.63, 3.8) is 0 Å². The molecule has 0 heterocycles. The first-order chi connectivity index (χ1) is 9.06. The van der Waals surface area contributed by atoms with E-state index < -0.39 is 12.6 Å². The molecule has 6 heteroatoms. The van der Waals surface area contributed by atoms with Crippen molar-refractivity contribution in [2.75, 3.05) is 20.8 Å². The molecule has 0 fully saturated rings. The van der Waals surface area contributed by atoms with Crippen LogP contribution in [0.25, 0.3) is 0 Å². The van der Waals surface area contributed by atoms with Gasteiger partial charge in [-0.25, -0.2) is 4.79 Å². The van der Waals surface area contributed by atoms with E-state index in [0.717, 1.165) is 5.56 Å². The van der Waals surface area contributed by atoms with Crippen LogP contribution in [0.5, 0.6) is 11.5 Å². The summed E-state index contributed by atoms with van der Waals surface area (Å²) in [4.78, 5) is 14.9. The Morgan fingerprint density at radius 3 is 2.53 bits per heavy atom. The largest absolute Gasteiger partial charge is 0.493 e. The van der Waals surface area contributed by atoms with E-state index in [1.807, 2.05) is 12.1 Å². The number of rotatable bonds is 7. The fourth-order valence-corrected chi connectivity index (χ4v) is 1.52. The van der Waals surface area contributed by atoms with Gasteiger partial charge in [-0.05, 0) is 24.6 Å². The highest BCUT2D eigenvalue weighted by molar-refractivity contribution is 5.83. The lowest BCUT2D eigenvalue weighted by atomic mass is 10.1. The number of hydrogen-bond acceptors (Lipinski definition) is 5. The quantitative estimate of drug-likeness (QED) is 0.601. The molecule has 0 bridgehead atoms. The first-order valence-electron chi connectivity index (χ1n) is 5.65. The molecule has 0 aliphatic rings. The van der Waals surface area contributed by atoms with E-state index in [1.165, 1.54) is 0 Å². The van der Waals surface area contributed by atoms with Crippen molar-refractivity contribution < 1.29 is 24.2 Å². The molecular weight excluding hydrogens is 250 g/mol. The summed E-state index contributed by atoms with van der Waals surface area (Å²) in [7, 11) is 3.14. The molecule has 19 heavy (non-hydrogen) atoms. The Hall–Kier alpha value is -2.24. The van der Waals surface area contributed by atoms with Crippen LogP contribution in [-0.2, 0) is 16.1 Å². The standard InChI is InChI=1S/C13H17NO5/c1-9(14-19-8-13(15)16)6-10-4-5-11(17-2)12(7-10)18-3/h4-5,7H,6,8H2,1-3H3,(H,15,16). The minimum atomic E-state index is -1.05. The topological polar surface area (TPSA) is 77.4 Å². The molecule has 1 aromatic rings. The first-order valence-corrected chi connectivity index (χ1v) is 5.65. The Bertz CT molecular complexity index is 470. The molecule has 6 nitrogen and oxygen atoms in total. The molecule has 0 unspecified atom stereocenters. The summed E-state index contributed by atoms with van der Waals surface area (Å²) in [6.45, 7) is 1.32. The van der Waals surface area contributed by atoms with Gasteiger partial charge in [-0.1, -0.05) is 11.2 Å². The highest BCUT2D eigenvalue weighted by Gasteiger charge is 2.05. The van der Waals surface area contributed by atoms with E-state index in [-0.39, 0.29) is 0 Å². The van der Waals surface area contributed by atoms with Crippen molar-refractivity contribution in [2.24, 2.45) is 5.16 Å². The van der Waals surface area contributed by atoms with Gasteiger partial charge in [0.25, 0.3) is 0 Å². The van der Waals surface area contributed by atoms with Gasteiger partial charge in [-0.15, -0.1) is 0 Å². The summed E-state index contributed by atoms with van der Waals surface area (Å²) in [6, 6.07) is 5.53. The van der Waals surface area contributed by atoms with Gasteiger partial charge in [-0.2, -0.15) is 0 Å². The minimum Gasteiger partial charge on any atom is -0.493 e. The first kappa shape index (κ1) is 14.8. The smallest absolute Gasteiger partial charge is 0.344 e. The molecule has 0 aliphatic carbocycles. The Kier molecular flexibility index (Phi) is 5.66. The summed E-state index contributed by atoms with van der Waals surface area (Å²) in [5, 5.41) is 12.1. The van der Waals surface area contributed by atoms with Gasteiger partial charge in [0.2, 0.25) is 6.61 Å². The highest BCUT2D eigenvalue weighted by atomic mass is 16.6. The summed E-state index contributed by atoms with van der Waals surface area (Å²) in [5.74, 6) is 0.241. The molecule has 0 aromatic heterocycles. The minimum absolute atomic E-state index is 0.441. The molecule has 0 aliphatic heterocycles. The number of ether oxygens (including phenoxy) is 2. The van der Waals surface area contributed by atoms with Crippen LogP contribution in [0, 0.1) is 0 Å². The van der Waals surface area contributed by atoms with Gasteiger partial charge in [0.05, 0.1) is 19.9 Å². The summed E-state index contributed by atoms with van der Waals surface area (Å²) in [5.41, 5.74) is 1.64. The zero-order valence-corrected chi connectivity index (χ0v) is 11.2. The Labute approximate surface area is 111 Å². The Balaban J connectivity index is 2.68. The third kappa shape index (κ3) is 4.87. The number of carbonyl (C=O) groups is 1. The summed E-state index contributed by atoms with van der Waals surface area (Å²) < 4.78 is 10.3. The van der Waals surface area contributed by atoms with Crippen LogP contribution in [0.3, 0.4) is 0 Å². The SMILES string of the molecule is COc1ccc(CC(C)=NOCC(=O)O)cc1OC. The van der Waals surface area contributed by atoms with Crippen LogP contribution in [0.2, 0.25) is 0 Å². The van der Waals surface area contributed by atoms with Crippen molar-refractivity contribution in [3.8, 4) is 11.5 Å². The maximum absolute atomic E-state index is 10.3. The maximum atomic E-state index is 10.3. The van der Waals surface area contributed by atoms with E-state index >= 15 is 0 Å². The van der Waals surface area contributed by atoms with Crippen molar-refractivity contribution in [3.05, 3.63) is 23.8 Å². The molecular formula is C13H17NO5. The number of hydrogen-bond donors (Lipinski definition) is 1. The average Bonchev–Trinajstić information content (AvgIpc) is 2.38. The molecule has 0 amide bonds. The zero-order chi connectivity index (χ0) is 14.3. The van der Waals surface area contributed by atoms with Crippen LogP contribution in [0.1, 0.15) is 12.5 Å². The van der Waals surface area contributed by atoms with Crippen molar-refractivity contribution in [2.45, 2.75) is 13.3 Å². The van der Waals surface area contributed by atoms with Crippen LogP contribution in [0.15, 0.2) is 23.4 Å². The monoisotopic (exact) mass is 267 g/mol. The molecule has 1 rings (SSSR count). The van der Waals surface area contributed by atoms with Crippen LogP contribution in [-0.4, -0.2) is 37.6 Å². The number of oxime groups is 1. The van der Waals surface area contributed by atoms with E-state index in [1.54, 1.807) is 27.2 Å². The molecule has 0 spiro atoms. The normalized spacial score (nSPS) is 11.0. The summed E-state index contributed by atoms with van der Waals surface area (Å²) >= 11 is 0. The molecule has 104 valence electrons. The molecule has 0 saturated carbocycles. The Morgan fingerprint density at radius 1 is 1.26 bits per heavy atom. The highest BCUT2D eigenvalue weighted by Crippen LogP contribution is 2.27. The average molecular weight is 267 g/mol. The molecule has 0 saturated heterocycles. The van der Waals surface area contributed by atoms with E-state index in [4.69, 9.17) is 14.6 Å². The number of carboxylic acid groups (broad SMARTS) is 1. The number of methoxy groups -OCH3 is 2. The maximum Gasteiger partial charge on any atom is 0.344 e. The fourth-order valence-electron chi connectivity index (χ4n) is 1.52. The van der Waals surface area contributed by atoms with Gasteiger partial charge >= 0.3 is 5.97 Å². The van der Waals surface area contributed by atoms with E-state index in [0.29, 0.717) is 23.6 Å². The number of carboxylic acids is 1. The van der Waals surface area contributed by atoms with Crippen molar-refractivity contribution >= 4 is 11.7 Å². The summed E-state index contributed by atoms with van der Waals surface area (Å²) in [6.07, 6.45) is 0.542. The van der Waals surface area contributed by atoms with Crippen molar-refractivity contribution in [1.82, 2.24) is 0 Å². The van der Waals surface area contributed by atoms with Crippen LogP contribution >= 0.6 is 0 Å². The lowest BCUT2D eigenvalue weighted by molar-refractivity contribution is -0.142. The number of aliphatic carboxylic acids is 1. The third-order valence-electron chi connectivity index (χ3n) is 2.32. The predicted octanol–water partition coefficient (Wildman–Crippen LogP) is 1.72. The lowest BCUT2D eigenvalue weighted by Gasteiger charge is -2.09. The van der Waals surface area contributed by atoms with Gasteiger partial charge in [0, 0.05) is 6.42 Å². The third-order valence-corrected chi connectivity index (χ3v) is 2.32. The second-order valence-electron chi connectivity index (χ2n) is 3.86. The second kappa shape index (κ2) is 7.25. The lowest BCUT2D eigenvalue weighted by Crippen LogP contribution is -2.06. The second-order valence-corrected chi connectivity index (χ2v) is 3.86. The van der Waals surface area contributed by atoms with Gasteiger partial charge < -0.3 is 19.4 Å². The van der Waals surface area contributed by atoms with Crippen molar-refractivity contribution in [1.29, 1.82) is 0 Å². The van der Waals surface area contributed by atoms with Gasteiger partial charge in [-0.3, -0.25) is 0 Å². The fraction of sp³-hybridized carbons (Fsp3) is 0.385. The Morgan fingerprint density at radius 2 is 1.95 bits per heavy atom. The number of nitrogens with zero attached hydrogens (tertiary/aromatic N) is 1. The predicted molar refractivity (Wildman–Crippen MR) is 69.9 cm³/mol. The van der Waals surface area contributed by atoms with Crippen LogP contribution in [0.4, 0.5) is 0 Å². The molecule has 0 radical (unpaired) electrons. The molecule has 1 N–H and O–H groups in total. The molecule has 1 aromatic carbocycles. The van der Waals surface area contributed by atoms with Crippen LogP contribution < -0.4 is 9.47 Å². The number of benzene rings is 1. The van der Waals surface area contributed by atoms with E-state index in [9.17, 15) is 4.79 Å².